The molecule has 2 saturated carbocycles. The van der Waals surface area contributed by atoms with Crippen molar-refractivity contribution < 1.29 is 43.4 Å². The van der Waals surface area contributed by atoms with Crippen molar-refractivity contribution in [2.24, 2.45) is 23.5 Å². The Morgan fingerprint density at radius 2 is 1.83 bits per heavy atom. The van der Waals surface area contributed by atoms with Crippen molar-refractivity contribution in [2.45, 2.75) is 31.3 Å². The zero-order valence-corrected chi connectivity index (χ0v) is 21.5. The summed E-state index contributed by atoms with van der Waals surface area (Å²) in [4.78, 5) is 46.0. The van der Waals surface area contributed by atoms with Gasteiger partial charge >= 0.3 is 20.9 Å². The normalized spacial score (nSPS) is 29.6. The van der Waals surface area contributed by atoms with Crippen molar-refractivity contribution in [3.63, 3.8) is 0 Å². The second kappa shape index (κ2) is 9.83. The second-order valence-electron chi connectivity index (χ2n) is 9.10. The van der Waals surface area contributed by atoms with Crippen LogP contribution in [0.4, 0.5) is 0 Å². The molecule has 0 bridgehead atoms. The van der Waals surface area contributed by atoms with Crippen molar-refractivity contribution in [3.8, 4) is 0 Å². The van der Waals surface area contributed by atoms with Gasteiger partial charge in [-0.05, 0) is 30.0 Å². The van der Waals surface area contributed by atoms with E-state index in [2.05, 4.69) is 5.16 Å². The molecule has 2 fully saturated rings. The molecule has 5 N–H and O–H groups in total. The molecule has 4 rings (SSSR count). The Morgan fingerprint density at radius 3 is 2.47 bits per heavy atom. The van der Waals surface area contributed by atoms with E-state index in [9.17, 15) is 29.0 Å². The van der Waals surface area contributed by atoms with Crippen LogP contribution in [-0.2, 0) is 32.1 Å². The van der Waals surface area contributed by atoms with E-state index in [1.807, 2.05) is 0 Å². The van der Waals surface area contributed by atoms with Gasteiger partial charge in [-0.2, -0.15) is 0 Å². The van der Waals surface area contributed by atoms with Crippen molar-refractivity contribution in [1.82, 2.24) is 9.13 Å². The molecule has 0 aliphatic heterocycles. The van der Waals surface area contributed by atoms with Gasteiger partial charge in [0.15, 0.2) is 11.4 Å². The summed E-state index contributed by atoms with van der Waals surface area (Å²) in [5.74, 6) is -1.83. The molecular formula is C20H26ClN3O10P2. The monoisotopic (exact) mass is 565 g/mol. The zero-order chi connectivity index (χ0) is 26.5. The van der Waals surface area contributed by atoms with Crippen LogP contribution < -0.4 is 11.2 Å². The summed E-state index contributed by atoms with van der Waals surface area (Å²) in [7, 11) is -7.99. The molecule has 2 aromatic rings. The van der Waals surface area contributed by atoms with Gasteiger partial charge in [-0.25, -0.2) is 4.79 Å². The van der Waals surface area contributed by atoms with Crippen LogP contribution in [0.2, 0.25) is 5.02 Å². The minimum absolute atomic E-state index is 0.148. The minimum Gasteiger partial charge on any atom is -0.390 e. The van der Waals surface area contributed by atoms with Crippen LogP contribution in [0.3, 0.4) is 0 Å². The van der Waals surface area contributed by atoms with Gasteiger partial charge < -0.3 is 34.3 Å². The fourth-order valence-corrected chi connectivity index (χ4v) is 7.44. The number of fused-ring (bicyclic) bond motifs is 1. The lowest BCUT2D eigenvalue weighted by Crippen LogP contribution is -2.43. The minimum atomic E-state index is -4.81. The first-order valence-electron chi connectivity index (χ1n) is 10.8. The molecule has 1 aromatic carbocycles. The molecule has 36 heavy (non-hydrogen) atoms. The molecule has 1 heterocycles. The van der Waals surface area contributed by atoms with E-state index in [4.69, 9.17) is 30.7 Å². The van der Waals surface area contributed by atoms with Crippen LogP contribution in [0.5, 0.6) is 0 Å². The summed E-state index contributed by atoms with van der Waals surface area (Å²) < 4.78 is 30.5. The molecule has 6 atom stereocenters. The third-order valence-corrected chi connectivity index (χ3v) is 10.3. The van der Waals surface area contributed by atoms with Gasteiger partial charge in [0.2, 0.25) is 0 Å². The lowest BCUT2D eigenvalue weighted by Gasteiger charge is -2.25. The third-order valence-electron chi connectivity index (χ3n) is 6.61. The van der Waals surface area contributed by atoms with Gasteiger partial charge in [-0.3, -0.25) is 18.3 Å². The Balaban J connectivity index is 1.49. The maximum atomic E-state index is 13.0. The number of hydrogen-bond acceptors (Lipinski definition) is 8. The standard InChI is InChI=1S/C20H26ClN3O10P2/c1-23-15(22-33-9-12-2-4-13(21)5-3-12)6-7-24(19(23)27)16-14-8-20(14,18(26)17(16)25)10-34-36(31,32)11-35(28,29)30/h2-7,14,16-18,25-26H,8-11H2,1H3,(H,31,32)(H2,28,29,30)/b22-15-/t14-,16-,17?,18?,20+/m1/s1. The highest BCUT2D eigenvalue weighted by molar-refractivity contribution is 7.70. The highest BCUT2D eigenvalue weighted by Crippen LogP contribution is 2.69. The maximum Gasteiger partial charge on any atom is 0.340 e. The molecule has 1 aromatic heterocycles. The molecule has 0 spiro atoms. The van der Waals surface area contributed by atoms with E-state index in [1.165, 1.54) is 28.4 Å². The van der Waals surface area contributed by atoms with E-state index in [0.29, 0.717) is 5.02 Å². The number of halogens is 1. The molecule has 2 aliphatic carbocycles. The first kappa shape index (κ1) is 27.3. The summed E-state index contributed by atoms with van der Waals surface area (Å²) in [6, 6.07) is 7.62. The predicted molar refractivity (Wildman–Crippen MR) is 126 cm³/mol. The number of hydrogen-bond donors (Lipinski definition) is 5. The summed E-state index contributed by atoms with van der Waals surface area (Å²) >= 11 is 5.85. The van der Waals surface area contributed by atoms with Gasteiger partial charge in [-0.1, -0.05) is 28.9 Å². The largest absolute Gasteiger partial charge is 0.390 e. The Hall–Kier alpha value is -1.79. The van der Waals surface area contributed by atoms with E-state index < -0.39 is 63.0 Å². The van der Waals surface area contributed by atoms with Crippen LogP contribution in [0, 0.1) is 11.3 Å². The Morgan fingerprint density at radius 1 is 1.17 bits per heavy atom. The molecule has 13 nitrogen and oxygen atoms in total. The van der Waals surface area contributed by atoms with Gasteiger partial charge in [0.05, 0.1) is 18.8 Å². The Bertz CT molecular complexity index is 1360. The number of nitrogens with zero attached hydrogens (tertiary/aromatic N) is 3. The summed E-state index contributed by atoms with van der Waals surface area (Å²) in [5, 5.41) is 25.9. The van der Waals surface area contributed by atoms with Gasteiger partial charge in [0.1, 0.15) is 12.7 Å². The lowest BCUT2D eigenvalue weighted by molar-refractivity contribution is -0.0292. The number of aromatic nitrogens is 2. The fourth-order valence-electron chi connectivity index (χ4n) is 4.69. The fraction of sp³-hybridized carbons (Fsp3) is 0.500. The van der Waals surface area contributed by atoms with Crippen molar-refractivity contribution in [3.05, 3.63) is 63.1 Å². The molecule has 0 saturated heterocycles. The van der Waals surface area contributed by atoms with E-state index in [1.54, 1.807) is 24.3 Å². The third kappa shape index (κ3) is 5.55. The quantitative estimate of drug-likeness (QED) is 0.211. The predicted octanol–water partition coefficient (Wildman–Crippen LogP) is 0.493. The summed E-state index contributed by atoms with van der Waals surface area (Å²) in [6.45, 7) is -0.359. The number of benzene rings is 1. The molecule has 2 aliphatic rings. The van der Waals surface area contributed by atoms with Crippen molar-refractivity contribution >= 4 is 26.8 Å². The average Bonchev–Trinajstić information content (AvgIpc) is 3.46. The SMILES string of the molecule is Cn1c(=O)n([C@H]2C(O)C(O)[C@]3(COP(=O)(O)CP(=O)(O)O)C[C@H]23)cc/c1=N/OCc1ccc(Cl)cc1. The van der Waals surface area contributed by atoms with Crippen molar-refractivity contribution in [1.29, 1.82) is 0 Å². The van der Waals surface area contributed by atoms with Crippen molar-refractivity contribution in [2.75, 3.05) is 12.5 Å². The van der Waals surface area contributed by atoms with Gasteiger partial charge in [-0.15, -0.1) is 0 Å². The van der Waals surface area contributed by atoms with E-state index in [0.717, 1.165) is 5.56 Å². The molecule has 0 amide bonds. The van der Waals surface area contributed by atoms with Crippen LogP contribution in [0.25, 0.3) is 0 Å². The maximum absolute atomic E-state index is 13.0. The number of aliphatic hydroxyl groups is 2. The van der Waals surface area contributed by atoms with Crippen LogP contribution in [0.15, 0.2) is 46.5 Å². The van der Waals surface area contributed by atoms with Gasteiger partial charge in [0.25, 0.3) is 0 Å². The number of aliphatic hydroxyl groups excluding tert-OH is 2. The van der Waals surface area contributed by atoms with Gasteiger partial charge in [0, 0.05) is 29.7 Å². The van der Waals surface area contributed by atoms with Crippen LogP contribution in [0.1, 0.15) is 18.0 Å². The Labute approximate surface area is 209 Å². The first-order valence-corrected chi connectivity index (χ1v) is 14.7. The Kier molecular flexibility index (Phi) is 7.44. The molecule has 3 unspecified atom stereocenters. The second-order valence-corrected chi connectivity index (χ2v) is 13.5. The van der Waals surface area contributed by atoms with Crippen LogP contribution >= 0.6 is 26.8 Å². The van der Waals surface area contributed by atoms with E-state index >= 15 is 0 Å². The molecule has 198 valence electrons. The topological polar surface area (TPSA) is 193 Å². The molecular weight excluding hydrogens is 540 g/mol. The zero-order valence-electron chi connectivity index (χ0n) is 19.0. The highest BCUT2D eigenvalue weighted by atomic mass is 35.5. The summed E-state index contributed by atoms with van der Waals surface area (Å²) in [6.07, 6.45) is -1.08. The molecule has 16 heteroatoms. The van der Waals surface area contributed by atoms with E-state index in [-0.39, 0.29) is 18.5 Å². The lowest BCUT2D eigenvalue weighted by atomic mass is 10.0. The smallest absolute Gasteiger partial charge is 0.340 e. The van der Waals surface area contributed by atoms with Crippen LogP contribution in [-0.4, -0.2) is 58.7 Å². The molecule has 0 radical (unpaired) electrons. The number of rotatable bonds is 9. The highest BCUT2D eigenvalue weighted by Gasteiger charge is 2.72. The first-order chi connectivity index (χ1) is 16.7. The average molecular weight is 566 g/mol. The summed E-state index contributed by atoms with van der Waals surface area (Å²) in [5.41, 5.74) is -0.634.